The lowest BCUT2D eigenvalue weighted by atomic mass is 9.89. The lowest BCUT2D eigenvalue weighted by Crippen LogP contribution is -2.36. The molecule has 0 bridgehead atoms. The average molecular weight is 297 g/mol. The lowest BCUT2D eigenvalue weighted by Gasteiger charge is -2.28. The summed E-state index contributed by atoms with van der Waals surface area (Å²) in [7, 11) is 0. The fourth-order valence-electron chi connectivity index (χ4n) is 3.95. The molecule has 116 valence electrons. The largest absolute Gasteiger partial charge is 0.416 e. The lowest BCUT2D eigenvalue weighted by molar-refractivity contribution is -0.137. The maximum Gasteiger partial charge on any atom is 0.416 e. The first-order valence-corrected chi connectivity index (χ1v) is 7.84. The van der Waals surface area contributed by atoms with E-state index in [-0.39, 0.29) is 5.92 Å². The van der Waals surface area contributed by atoms with Crippen LogP contribution >= 0.6 is 0 Å². The second-order valence-corrected chi connectivity index (χ2v) is 6.44. The molecule has 1 saturated heterocycles. The molecule has 1 aliphatic carbocycles. The van der Waals surface area contributed by atoms with Crippen LogP contribution in [0.5, 0.6) is 0 Å². The van der Waals surface area contributed by atoms with E-state index in [0.717, 1.165) is 24.4 Å². The van der Waals surface area contributed by atoms with E-state index in [9.17, 15) is 13.2 Å². The number of likely N-dealkylation sites (tertiary alicyclic amines) is 1. The topological polar surface area (TPSA) is 3.24 Å². The summed E-state index contributed by atoms with van der Waals surface area (Å²) < 4.78 is 38.7. The molecular weight excluding hydrogens is 275 g/mol. The number of halogens is 3. The molecule has 3 atom stereocenters. The molecule has 0 spiro atoms. The Morgan fingerprint density at radius 3 is 2.52 bits per heavy atom. The summed E-state index contributed by atoms with van der Waals surface area (Å²) in [5.74, 6) is 0.987. The van der Waals surface area contributed by atoms with Gasteiger partial charge in [0.05, 0.1) is 5.56 Å². The average Bonchev–Trinajstić information content (AvgIpc) is 3.22. The molecule has 0 N–H and O–H groups in total. The predicted octanol–water partition coefficient (Wildman–Crippen LogP) is 4.68. The van der Waals surface area contributed by atoms with Crippen molar-refractivity contribution in [3.8, 4) is 0 Å². The fourth-order valence-corrected chi connectivity index (χ4v) is 3.95. The standard InChI is InChI=1S/C17H22F3N/c1-3-21-11(2)15(10-16(21)12-7-8-12)13-5-4-6-14(9-13)17(18,19)20/h4-6,9,11-12,15-16H,3,7-8,10H2,1-2H3. The maximum atomic E-state index is 12.9. The van der Waals surface area contributed by atoms with E-state index in [1.165, 1.54) is 25.0 Å². The van der Waals surface area contributed by atoms with Gasteiger partial charge in [-0.3, -0.25) is 4.90 Å². The van der Waals surface area contributed by atoms with Crippen LogP contribution in [0.25, 0.3) is 0 Å². The summed E-state index contributed by atoms with van der Waals surface area (Å²) in [6.07, 6.45) is -0.689. The van der Waals surface area contributed by atoms with Crippen LogP contribution < -0.4 is 0 Å². The highest BCUT2D eigenvalue weighted by molar-refractivity contribution is 5.30. The van der Waals surface area contributed by atoms with E-state index in [0.29, 0.717) is 12.1 Å². The Balaban J connectivity index is 1.86. The van der Waals surface area contributed by atoms with Crippen molar-refractivity contribution in [3.05, 3.63) is 35.4 Å². The zero-order chi connectivity index (χ0) is 15.2. The molecule has 3 unspecified atom stereocenters. The zero-order valence-electron chi connectivity index (χ0n) is 12.5. The Kier molecular flexibility index (Phi) is 3.76. The van der Waals surface area contributed by atoms with Gasteiger partial charge in [-0.2, -0.15) is 13.2 Å². The number of hydrogen-bond donors (Lipinski definition) is 0. The van der Waals surface area contributed by atoms with Gasteiger partial charge in [0.15, 0.2) is 0 Å². The molecule has 2 fully saturated rings. The molecular formula is C17H22F3N. The summed E-state index contributed by atoms with van der Waals surface area (Å²) >= 11 is 0. The fraction of sp³-hybridized carbons (Fsp3) is 0.647. The van der Waals surface area contributed by atoms with Crippen LogP contribution in [0, 0.1) is 5.92 Å². The highest BCUT2D eigenvalue weighted by atomic mass is 19.4. The molecule has 0 radical (unpaired) electrons. The SMILES string of the molecule is CCN1C(C)C(c2cccc(C(F)(F)F)c2)CC1C1CC1. The molecule has 1 heterocycles. The van der Waals surface area contributed by atoms with Crippen molar-refractivity contribution in [2.75, 3.05) is 6.54 Å². The van der Waals surface area contributed by atoms with E-state index in [2.05, 4.69) is 18.7 Å². The van der Waals surface area contributed by atoms with Crippen molar-refractivity contribution >= 4 is 0 Å². The van der Waals surface area contributed by atoms with Crippen molar-refractivity contribution in [3.63, 3.8) is 0 Å². The number of likely N-dealkylation sites (N-methyl/N-ethyl adjacent to an activating group) is 1. The van der Waals surface area contributed by atoms with Crippen LogP contribution in [0.2, 0.25) is 0 Å². The van der Waals surface area contributed by atoms with Gasteiger partial charge in [0.1, 0.15) is 0 Å². The van der Waals surface area contributed by atoms with Crippen molar-refractivity contribution in [2.45, 2.75) is 57.3 Å². The number of rotatable bonds is 3. The van der Waals surface area contributed by atoms with Crippen molar-refractivity contribution in [2.24, 2.45) is 5.92 Å². The zero-order valence-corrected chi connectivity index (χ0v) is 12.5. The first-order chi connectivity index (χ1) is 9.91. The number of alkyl halides is 3. The molecule has 4 heteroatoms. The van der Waals surface area contributed by atoms with Crippen LogP contribution in [0.15, 0.2) is 24.3 Å². The minimum absolute atomic E-state index is 0.220. The molecule has 21 heavy (non-hydrogen) atoms. The Morgan fingerprint density at radius 2 is 1.95 bits per heavy atom. The van der Waals surface area contributed by atoms with Crippen molar-refractivity contribution in [1.29, 1.82) is 0 Å². The summed E-state index contributed by atoms with van der Waals surface area (Å²) in [6, 6.07) is 6.81. The van der Waals surface area contributed by atoms with Gasteiger partial charge in [-0.25, -0.2) is 0 Å². The van der Waals surface area contributed by atoms with Crippen LogP contribution in [0.3, 0.4) is 0 Å². The van der Waals surface area contributed by atoms with Gasteiger partial charge in [-0.1, -0.05) is 25.1 Å². The maximum absolute atomic E-state index is 12.9. The van der Waals surface area contributed by atoms with Crippen LogP contribution in [-0.2, 0) is 6.18 Å². The number of benzene rings is 1. The molecule has 0 amide bonds. The van der Waals surface area contributed by atoms with Crippen LogP contribution in [0.4, 0.5) is 13.2 Å². The van der Waals surface area contributed by atoms with E-state index < -0.39 is 11.7 Å². The molecule has 2 aliphatic rings. The highest BCUT2D eigenvalue weighted by Crippen LogP contribution is 2.47. The Labute approximate surface area is 124 Å². The molecule has 1 nitrogen and oxygen atoms in total. The summed E-state index contributed by atoms with van der Waals surface area (Å²) in [5, 5.41) is 0. The van der Waals surface area contributed by atoms with Gasteiger partial charge >= 0.3 is 6.18 Å². The Hall–Kier alpha value is -1.03. The third-order valence-corrected chi connectivity index (χ3v) is 5.20. The highest BCUT2D eigenvalue weighted by Gasteiger charge is 2.45. The third kappa shape index (κ3) is 2.83. The molecule has 1 saturated carbocycles. The molecule has 1 aromatic carbocycles. The van der Waals surface area contributed by atoms with Gasteiger partial charge in [0.25, 0.3) is 0 Å². The van der Waals surface area contributed by atoms with Gasteiger partial charge < -0.3 is 0 Å². The first-order valence-electron chi connectivity index (χ1n) is 7.84. The van der Waals surface area contributed by atoms with E-state index >= 15 is 0 Å². The number of hydrogen-bond acceptors (Lipinski definition) is 1. The molecule has 0 aromatic heterocycles. The normalized spacial score (nSPS) is 30.8. The third-order valence-electron chi connectivity index (χ3n) is 5.20. The first kappa shape index (κ1) is 14.9. The molecule has 3 rings (SSSR count). The summed E-state index contributed by atoms with van der Waals surface area (Å²) in [5.41, 5.74) is 0.323. The van der Waals surface area contributed by atoms with Crippen molar-refractivity contribution in [1.82, 2.24) is 4.90 Å². The quantitative estimate of drug-likeness (QED) is 0.783. The van der Waals surface area contributed by atoms with Gasteiger partial charge in [-0.15, -0.1) is 0 Å². The minimum Gasteiger partial charge on any atom is -0.297 e. The van der Waals surface area contributed by atoms with E-state index in [1.54, 1.807) is 6.07 Å². The van der Waals surface area contributed by atoms with Crippen molar-refractivity contribution < 1.29 is 13.2 Å². The predicted molar refractivity (Wildman–Crippen MR) is 77.2 cm³/mol. The van der Waals surface area contributed by atoms with Gasteiger partial charge in [0, 0.05) is 18.0 Å². The Morgan fingerprint density at radius 1 is 1.24 bits per heavy atom. The molecule has 1 aliphatic heterocycles. The van der Waals surface area contributed by atoms with Crippen LogP contribution in [0.1, 0.15) is 50.2 Å². The summed E-state index contributed by atoms with van der Waals surface area (Å²) in [6.45, 7) is 5.30. The van der Waals surface area contributed by atoms with E-state index in [4.69, 9.17) is 0 Å². The van der Waals surface area contributed by atoms with Crippen LogP contribution in [-0.4, -0.2) is 23.5 Å². The second-order valence-electron chi connectivity index (χ2n) is 6.44. The summed E-state index contributed by atoms with van der Waals surface area (Å²) in [4.78, 5) is 2.49. The van der Waals surface area contributed by atoms with Gasteiger partial charge in [0.2, 0.25) is 0 Å². The second kappa shape index (κ2) is 5.31. The van der Waals surface area contributed by atoms with E-state index in [1.807, 2.05) is 6.07 Å². The number of nitrogens with zero attached hydrogens (tertiary/aromatic N) is 1. The minimum atomic E-state index is -4.25. The monoisotopic (exact) mass is 297 g/mol. The molecule has 1 aromatic rings. The smallest absolute Gasteiger partial charge is 0.297 e. The van der Waals surface area contributed by atoms with Gasteiger partial charge in [-0.05, 0) is 50.3 Å². The Bertz CT molecular complexity index is 507.